The van der Waals surface area contributed by atoms with Crippen LogP contribution in [-0.4, -0.2) is 72.5 Å². The Morgan fingerprint density at radius 2 is 1.97 bits per heavy atom. The third-order valence-corrected chi connectivity index (χ3v) is 6.05. The number of hydrogen-bond acceptors (Lipinski definition) is 8. The minimum atomic E-state index is -5.94. The van der Waals surface area contributed by atoms with E-state index in [0.717, 1.165) is 0 Å². The molecule has 168 valence electrons. The Balaban J connectivity index is 1.81. The largest absolute Gasteiger partial charge is 0.464 e. The van der Waals surface area contributed by atoms with Crippen LogP contribution in [0.4, 0.5) is 13.2 Å². The Labute approximate surface area is 165 Å². The molecule has 2 rings (SSSR count). The molecule has 1 aliphatic heterocycles. The van der Waals surface area contributed by atoms with E-state index in [4.69, 9.17) is 14.0 Å². The molecule has 1 heterocycles. The van der Waals surface area contributed by atoms with Crippen LogP contribution >= 0.6 is 0 Å². The topological polar surface area (TPSA) is 136 Å². The van der Waals surface area contributed by atoms with E-state index in [1.165, 1.54) is 0 Å². The molecule has 0 amide bonds. The molecule has 1 aliphatic carbocycles. The standard InChI is InChI=1S/C16H23F3O9S/c1-15(2,22)9-6-10(11-5-8(9)14(21)28-11)27-7-13(20)26-4-3-12(17)16(18,19)29(23,24)25/h8-12,22H,3-7H2,1-2H3,(H,23,24,25). The number of carbonyl (C=O) groups is 2. The van der Waals surface area contributed by atoms with Crippen molar-refractivity contribution in [3.63, 3.8) is 0 Å². The number of alkyl halides is 3. The van der Waals surface area contributed by atoms with Crippen LogP contribution in [0.5, 0.6) is 0 Å². The highest BCUT2D eigenvalue weighted by Gasteiger charge is 2.54. The summed E-state index contributed by atoms with van der Waals surface area (Å²) in [5.74, 6) is -2.41. The maximum absolute atomic E-state index is 13.3. The van der Waals surface area contributed by atoms with E-state index < -0.39 is 82.8 Å². The van der Waals surface area contributed by atoms with Crippen LogP contribution in [0.3, 0.4) is 0 Å². The molecule has 1 saturated carbocycles. The second-order valence-electron chi connectivity index (χ2n) is 7.68. The molecule has 13 heteroatoms. The Kier molecular flexibility index (Phi) is 6.87. The van der Waals surface area contributed by atoms with Gasteiger partial charge in [0, 0.05) is 18.8 Å². The predicted octanol–water partition coefficient (Wildman–Crippen LogP) is 0.846. The number of halogens is 3. The fourth-order valence-corrected chi connectivity index (χ4v) is 3.97. The zero-order valence-electron chi connectivity index (χ0n) is 15.7. The quantitative estimate of drug-likeness (QED) is 0.388. The maximum Gasteiger partial charge on any atom is 0.400 e. The van der Waals surface area contributed by atoms with Gasteiger partial charge in [0.2, 0.25) is 0 Å². The van der Waals surface area contributed by atoms with Gasteiger partial charge < -0.3 is 19.3 Å². The highest BCUT2D eigenvalue weighted by molar-refractivity contribution is 7.86. The highest BCUT2D eigenvalue weighted by Crippen LogP contribution is 2.44. The average molecular weight is 448 g/mol. The fraction of sp³-hybridized carbons (Fsp3) is 0.875. The molecule has 0 aromatic heterocycles. The van der Waals surface area contributed by atoms with Gasteiger partial charge in [-0.2, -0.15) is 17.2 Å². The first-order chi connectivity index (χ1) is 13.1. The zero-order chi connectivity index (χ0) is 22.2. The smallest absolute Gasteiger partial charge is 0.400 e. The molecule has 0 aromatic carbocycles. The summed E-state index contributed by atoms with van der Waals surface area (Å²) in [5, 5.41) is 5.23. The van der Waals surface area contributed by atoms with Crippen LogP contribution in [0, 0.1) is 11.8 Å². The molecule has 0 radical (unpaired) electrons. The van der Waals surface area contributed by atoms with Gasteiger partial charge in [-0.05, 0) is 20.3 Å². The van der Waals surface area contributed by atoms with E-state index >= 15 is 0 Å². The summed E-state index contributed by atoms with van der Waals surface area (Å²) in [4.78, 5) is 23.6. The van der Waals surface area contributed by atoms with Gasteiger partial charge >= 0.3 is 27.3 Å². The van der Waals surface area contributed by atoms with Crippen molar-refractivity contribution >= 4 is 22.1 Å². The van der Waals surface area contributed by atoms with E-state index in [-0.39, 0.29) is 6.42 Å². The number of ether oxygens (including phenoxy) is 3. The van der Waals surface area contributed by atoms with Gasteiger partial charge in [-0.25, -0.2) is 9.18 Å². The third kappa shape index (κ3) is 5.38. The van der Waals surface area contributed by atoms with Crippen LogP contribution in [0.1, 0.15) is 33.1 Å². The molecule has 2 N–H and O–H groups in total. The Morgan fingerprint density at radius 3 is 2.52 bits per heavy atom. The van der Waals surface area contributed by atoms with Crippen molar-refractivity contribution < 1.29 is 55.0 Å². The number of rotatable bonds is 9. The monoisotopic (exact) mass is 448 g/mol. The van der Waals surface area contributed by atoms with Gasteiger partial charge in [0.05, 0.1) is 24.2 Å². The lowest BCUT2D eigenvalue weighted by atomic mass is 9.71. The number of aliphatic hydroxyl groups is 1. The van der Waals surface area contributed by atoms with E-state index in [9.17, 15) is 36.3 Å². The van der Waals surface area contributed by atoms with Gasteiger partial charge in [-0.3, -0.25) is 9.35 Å². The Hall–Kier alpha value is -1.44. The number of carbonyl (C=O) groups excluding carboxylic acids is 2. The molecule has 0 spiro atoms. The summed E-state index contributed by atoms with van der Waals surface area (Å²) in [5.41, 5.74) is -1.18. The van der Waals surface area contributed by atoms with E-state index in [0.29, 0.717) is 6.42 Å². The van der Waals surface area contributed by atoms with Gasteiger partial charge in [0.1, 0.15) is 12.7 Å². The summed E-state index contributed by atoms with van der Waals surface area (Å²) >= 11 is 0. The molecular formula is C16H23F3O9S. The fourth-order valence-electron chi connectivity index (χ4n) is 3.53. The van der Waals surface area contributed by atoms with Gasteiger partial charge in [-0.1, -0.05) is 0 Å². The lowest BCUT2D eigenvalue weighted by molar-refractivity contribution is -0.158. The molecule has 0 aromatic rings. The van der Waals surface area contributed by atoms with Crippen molar-refractivity contribution in [2.45, 2.75) is 62.3 Å². The highest BCUT2D eigenvalue weighted by atomic mass is 32.2. The molecule has 29 heavy (non-hydrogen) atoms. The van der Waals surface area contributed by atoms with E-state index in [2.05, 4.69) is 4.74 Å². The molecule has 1 saturated heterocycles. The molecular weight excluding hydrogens is 425 g/mol. The number of hydrogen-bond donors (Lipinski definition) is 2. The Morgan fingerprint density at radius 1 is 1.34 bits per heavy atom. The summed E-state index contributed by atoms with van der Waals surface area (Å²) in [6.45, 7) is 1.58. The average Bonchev–Trinajstić information content (AvgIpc) is 2.88. The van der Waals surface area contributed by atoms with Crippen molar-refractivity contribution in [1.29, 1.82) is 0 Å². The minimum Gasteiger partial charge on any atom is -0.464 e. The summed E-state index contributed by atoms with van der Waals surface area (Å²) in [7, 11) is -5.94. The number of fused-ring (bicyclic) bond motifs is 2. The zero-order valence-corrected chi connectivity index (χ0v) is 16.5. The molecule has 2 fully saturated rings. The van der Waals surface area contributed by atoms with Crippen molar-refractivity contribution in [3.05, 3.63) is 0 Å². The van der Waals surface area contributed by atoms with Crippen LogP contribution in [0.25, 0.3) is 0 Å². The van der Waals surface area contributed by atoms with E-state index in [1.54, 1.807) is 13.8 Å². The first kappa shape index (κ1) is 23.8. The second kappa shape index (κ2) is 8.36. The summed E-state index contributed by atoms with van der Waals surface area (Å²) in [6.07, 6.45) is -5.16. The van der Waals surface area contributed by atoms with Gasteiger partial charge in [0.15, 0.2) is 6.17 Å². The molecule has 2 bridgehead atoms. The second-order valence-corrected chi connectivity index (χ2v) is 9.17. The summed E-state index contributed by atoms with van der Waals surface area (Å²) in [6, 6.07) is 0. The first-order valence-electron chi connectivity index (χ1n) is 8.83. The van der Waals surface area contributed by atoms with Crippen LogP contribution in [-0.2, 0) is 33.9 Å². The van der Waals surface area contributed by atoms with Crippen LogP contribution in [0.15, 0.2) is 0 Å². The normalized spacial score (nSPS) is 28.7. The van der Waals surface area contributed by atoms with Gasteiger partial charge in [-0.15, -0.1) is 0 Å². The van der Waals surface area contributed by atoms with Crippen LogP contribution in [0.2, 0.25) is 0 Å². The summed E-state index contributed by atoms with van der Waals surface area (Å²) < 4.78 is 83.7. The van der Waals surface area contributed by atoms with Crippen molar-refractivity contribution in [2.24, 2.45) is 11.8 Å². The van der Waals surface area contributed by atoms with Crippen molar-refractivity contribution in [3.8, 4) is 0 Å². The van der Waals surface area contributed by atoms with E-state index in [1.807, 2.05) is 0 Å². The third-order valence-electron chi connectivity index (χ3n) is 5.11. The first-order valence-corrected chi connectivity index (χ1v) is 10.3. The van der Waals surface area contributed by atoms with Gasteiger partial charge in [0.25, 0.3) is 0 Å². The number of esters is 2. The Bertz CT molecular complexity index is 734. The molecule has 5 atom stereocenters. The molecule has 9 nitrogen and oxygen atoms in total. The lowest BCUT2D eigenvalue weighted by Crippen LogP contribution is -2.45. The van der Waals surface area contributed by atoms with Crippen molar-refractivity contribution in [1.82, 2.24) is 0 Å². The van der Waals surface area contributed by atoms with Crippen molar-refractivity contribution in [2.75, 3.05) is 13.2 Å². The lowest BCUT2D eigenvalue weighted by Gasteiger charge is -2.38. The maximum atomic E-state index is 13.3. The predicted molar refractivity (Wildman–Crippen MR) is 89.1 cm³/mol. The molecule has 5 unspecified atom stereocenters. The SMILES string of the molecule is CC(C)(O)C1CC(OCC(=O)OCCC(F)C(F)(F)S(=O)(=O)O)C2CC1C(=O)O2. The minimum absolute atomic E-state index is 0.241. The molecule has 2 aliphatic rings. The van der Waals surface area contributed by atoms with Crippen LogP contribution < -0.4 is 0 Å².